The normalized spacial score (nSPS) is 11.8. The van der Waals surface area contributed by atoms with E-state index in [9.17, 15) is 22.4 Å². The van der Waals surface area contributed by atoms with Crippen molar-refractivity contribution in [1.29, 1.82) is 0 Å². The molecule has 3 rings (SSSR count). The quantitative estimate of drug-likeness (QED) is 0.333. The first-order chi connectivity index (χ1) is 19.1. The van der Waals surface area contributed by atoms with Crippen LogP contribution in [0.5, 0.6) is 11.5 Å². The zero-order valence-electron chi connectivity index (χ0n) is 23.0. The van der Waals surface area contributed by atoms with Gasteiger partial charge in [0.2, 0.25) is 11.8 Å². The summed E-state index contributed by atoms with van der Waals surface area (Å²) in [4.78, 5) is 27.9. The van der Waals surface area contributed by atoms with Gasteiger partial charge < -0.3 is 19.7 Å². The molecule has 0 heterocycles. The van der Waals surface area contributed by atoms with Crippen LogP contribution in [0, 0.1) is 5.82 Å². The monoisotopic (exact) mass is 571 g/mol. The van der Waals surface area contributed by atoms with E-state index in [2.05, 4.69) is 5.32 Å². The van der Waals surface area contributed by atoms with Gasteiger partial charge in [0, 0.05) is 19.2 Å². The van der Waals surface area contributed by atoms with Crippen LogP contribution in [0.2, 0.25) is 0 Å². The number of ether oxygens (including phenoxy) is 2. The van der Waals surface area contributed by atoms with Gasteiger partial charge in [0.15, 0.2) is 11.5 Å². The average molecular weight is 572 g/mol. The maximum atomic E-state index is 13.9. The van der Waals surface area contributed by atoms with E-state index in [4.69, 9.17) is 9.47 Å². The van der Waals surface area contributed by atoms with Crippen molar-refractivity contribution in [3.63, 3.8) is 0 Å². The Morgan fingerprint density at radius 1 is 0.950 bits per heavy atom. The van der Waals surface area contributed by atoms with Crippen LogP contribution in [-0.4, -0.2) is 58.5 Å². The van der Waals surface area contributed by atoms with Gasteiger partial charge in [-0.15, -0.1) is 0 Å². The van der Waals surface area contributed by atoms with Gasteiger partial charge >= 0.3 is 0 Å². The highest BCUT2D eigenvalue weighted by molar-refractivity contribution is 7.92. The third kappa shape index (κ3) is 7.29. The predicted octanol–water partition coefficient (Wildman–Crippen LogP) is 3.98. The molecule has 11 heteroatoms. The molecule has 0 bridgehead atoms. The molecule has 214 valence electrons. The Bertz CT molecular complexity index is 1400. The molecule has 0 aliphatic heterocycles. The van der Waals surface area contributed by atoms with Gasteiger partial charge in [-0.2, -0.15) is 0 Å². The highest BCUT2D eigenvalue weighted by Crippen LogP contribution is 2.32. The molecular weight excluding hydrogens is 537 g/mol. The van der Waals surface area contributed by atoms with Crippen LogP contribution in [0.15, 0.2) is 77.7 Å². The molecule has 0 saturated carbocycles. The number of para-hydroxylation sites is 1. The molecule has 2 amide bonds. The summed E-state index contributed by atoms with van der Waals surface area (Å²) in [7, 11) is -1.45. The van der Waals surface area contributed by atoms with Crippen LogP contribution in [0.1, 0.15) is 25.8 Å². The van der Waals surface area contributed by atoms with Crippen molar-refractivity contribution < 1.29 is 31.9 Å². The van der Waals surface area contributed by atoms with Crippen molar-refractivity contribution in [3.8, 4) is 11.5 Å². The van der Waals surface area contributed by atoms with Gasteiger partial charge in [0.05, 0.1) is 24.8 Å². The van der Waals surface area contributed by atoms with Crippen molar-refractivity contribution in [3.05, 3.63) is 84.2 Å². The van der Waals surface area contributed by atoms with E-state index < -0.39 is 34.3 Å². The summed E-state index contributed by atoms with van der Waals surface area (Å²) in [5, 5.41) is 2.78. The summed E-state index contributed by atoms with van der Waals surface area (Å²) in [6, 6.07) is 17.0. The molecular formula is C29H34FN3O6S. The topological polar surface area (TPSA) is 105 Å². The minimum absolute atomic E-state index is 0.0289. The van der Waals surface area contributed by atoms with Crippen LogP contribution in [0.4, 0.5) is 10.1 Å². The summed E-state index contributed by atoms with van der Waals surface area (Å²) < 4.78 is 52.9. The van der Waals surface area contributed by atoms with Gasteiger partial charge in [-0.3, -0.25) is 13.9 Å². The maximum Gasteiger partial charge on any atom is 0.264 e. The minimum Gasteiger partial charge on any atom is -0.493 e. The Balaban J connectivity index is 2.02. The molecule has 0 aromatic heterocycles. The van der Waals surface area contributed by atoms with Crippen molar-refractivity contribution in [1.82, 2.24) is 10.2 Å². The van der Waals surface area contributed by atoms with Crippen LogP contribution in [0.3, 0.4) is 0 Å². The van der Waals surface area contributed by atoms with Gasteiger partial charge in [-0.05, 0) is 55.3 Å². The molecule has 0 spiro atoms. The molecule has 3 aromatic carbocycles. The fourth-order valence-corrected chi connectivity index (χ4v) is 5.42. The summed E-state index contributed by atoms with van der Waals surface area (Å²) in [5.74, 6) is -0.877. The van der Waals surface area contributed by atoms with Gasteiger partial charge in [-0.25, -0.2) is 12.8 Å². The van der Waals surface area contributed by atoms with Crippen molar-refractivity contribution in [2.24, 2.45) is 0 Å². The van der Waals surface area contributed by atoms with Gasteiger partial charge in [0.25, 0.3) is 10.0 Å². The van der Waals surface area contributed by atoms with E-state index in [0.717, 1.165) is 4.31 Å². The first-order valence-electron chi connectivity index (χ1n) is 12.7. The number of carbonyl (C=O) groups is 2. The second-order valence-corrected chi connectivity index (χ2v) is 10.8. The molecule has 0 aliphatic rings. The van der Waals surface area contributed by atoms with Crippen molar-refractivity contribution in [2.75, 3.05) is 31.6 Å². The van der Waals surface area contributed by atoms with Crippen molar-refractivity contribution in [2.45, 2.75) is 37.8 Å². The fourth-order valence-electron chi connectivity index (χ4n) is 3.99. The average Bonchev–Trinajstić information content (AvgIpc) is 2.97. The second-order valence-electron chi connectivity index (χ2n) is 8.98. The third-order valence-electron chi connectivity index (χ3n) is 6.25. The first kappa shape index (κ1) is 30.4. The third-order valence-corrected chi connectivity index (χ3v) is 8.02. The van der Waals surface area contributed by atoms with Gasteiger partial charge in [-0.1, -0.05) is 37.3 Å². The highest BCUT2D eigenvalue weighted by atomic mass is 32.2. The maximum absolute atomic E-state index is 13.9. The van der Waals surface area contributed by atoms with Crippen LogP contribution < -0.4 is 19.1 Å². The minimum atomic E-state index is -4.28. The molecule has 1 atom stereocenters. The SMILES string of the molecule is CCCNC(=O)C(C)N(Cc1ccc(F)cc1)C(=O)CN(c1ccccc1)S(=O)(=O)c1ccc(OC)c(OC)c1. The second kappa shape index (κ2) is 13.8. The Morgan fingerprint density at radius 3 is 2.20 bits per heavy atom. The number of anilines is 1. The number of methoxy groups -OCH3 is 2. The van der Waals surface area contributed by atoms with Crippen molar-refractivity contribution >= 4 is 27.5 Å². The molecule has 0 aliphatic carbocycles. The van der Waals surface area contributed by atoms with E-state index in [-0.39, 0.29) is 28.8 Å². The summed E-state index contributed by atoms with van der Waals surface area (Å²) in [6.07, 6.45) is 0.704. The molecule has 1 N–H and O–H groups in total. The standard InChI is InChI=1S/C29H34FN3O6S/c1-5-17-31-29(35)21(2)32(19-22-11-13-23(30)14-12-22)28(34)20-33(24-9-7-6-8-10-24)40(36,37)25-15-16-26(38-3)27(18-25)39-4/h6-16,18,21H,5,17,19-20H2,1-4H3,(H,31,35). The lowest BCUT2D eigenvalue weighted by atomic mass is 10.1. The Labute approximate surface area is 234 Å². The Kier molecular flexibility index (Phi) is 10.5. The van der Waals surface area contributed by atoms with Gasteiger partial charge in [0.1, 0.15) is 18.4 Å². The number of hydrogen-bond acceptors (Lipinski definition) is 6. The summed E-state index contributed by atoms with van der Waals surface area (Å²) in [6.45, 7) is 3.28. The number of benzene rings is 3. The molecule has 40 heavy (non-hydrogen) atoms. The largest absolute Gasteiger partial charge is 0.493 e. The number of amides is 2. The van der Waals surface area contributed by atoms with Crippen LogP contribution in [-0.2, 0) is 26.2 Å². The Hall–Kier alpha value is -4.12. The smallest absolute Gasteiger partial charge is 0.264 e. The molecule has 0 saturated heterocycles. The molecule has 1 unspecified atom stereocenters. The fraction of sp³-hybridized carbons (Fsp3) is 0.310. The number of rotatable bonds is 13. The summed E-state index contributed by atoms with van der Waals surface area (Å²) >= 11 is 0. The van der Waals surface area contributed by atoms with Crippen LogP contribution in [0.25, 0.3) is 0 Å². The molecule has 0 fully saturated rings. The number of nitrogens with zero attached hydrogens (tertiary/aromatic N) is 2. The van der Waals surface area contributed by atoms with E-state index in [0.29, 0.717) is 24.3 Å². The first-order valence-corrected chi connectivity index (χ1v) is 14.2. The number of nitrogens with one attached hydrogen (secondary N) is 1. The number of halogens is 1. The molecule has 3 aromatic rings. The van der Waals surface area contributed by atoms with E-state index >= 15 is 0 Å². The lowest BCUT2D eigenvalue weighted by Gasteiger charge is -2.32. The lowest BCUT2D eigenvalue weighted by molar-refractivity contribution is -0.139. The van der Waals surface area contributed by atoms with E-state index in [1.165, 1.54) is 61.6 Å². The van der Waals surface area contributed by atoms with Crippen LogP contribution >= 0.6 is 0 Å². The zero-order chi connectivity index (χ0) is 29.3. The molecule has 0 radical (unpaired) electrons. The number of sulfonamides is 1. The number of hydrogen-bond donors (Lipinski definition) is 1. The Morgan fingerprint density at radius 2 is 1.60 bits per heavy atom. The molecule has 9 nitrogen and oxygen atoms in total. The number of carbonyl (C=O) groups excluding carboxylic acids is 2. The summed E-state index contributed by atoms with van der Waals surface area (Å²) in [5.41, 5.74) is 0.842. The predicted molar refractivity (Wildman–Crippen MR) is 150 cm³/mol. The van der Waals surface area contributed by atoms with E-state index in [1.807, 2.05) is 6.92 Å². The zero-order valence-corrected chi connectivity index (χ0v) is 23.8. The van der Waals surface area contributed by atoms with E-state index in [1.54, 1.807) is 37.3 Å². The lowest BCUT2D eigenvalue weighted by Crippen LogP contribution is -2.51. The highest BCUT2D eigenvalue weighted by Gasteiger charge is 2.33.